The Kier molecular flexibility index (Phi) is 8.91. The molecule has 0 bridgehead atoms. The fourth-order valence-electron chi connectivity index (χ4n) is 1.67. The van der Waals surface area contributed by atoms with E-state index in [4.69, 9.17) is 13.3 Å². The molecular formula is C13H27NO4Si. The summed E-state index contributed by atoms with van der Waals surface area (Å²) in [6.07, 6.45) is 0.452. The molecule has 0 aromatic heterocycles. The van der Waals surface area contributed by atoms with Gasteiger partial charge in [0.05, 0.1) is 0 Å². The van der Waals surface area contributed by atoms with E-state index in [1.54, 1.807) is 13.8 Å². The van der Waals surface area contributed by atoms with Gasteiger partial charge in [0.25, 0.3) is 0 Å². The second-order valence-corrected chi connectivity index (χ2v) is 6.99. The molecule has 0 rings (SSSR count). The Labute approximate surface area is 117 Å². The zero-order chi connectivity index (χ0) is 14.9. The predicted molar refractivity (Wildman–Crippen MR) is 77.6 cm³/mol. The van der Waals surface area contributed by atoms with Crippen molar-refractivity contribution >= 4 is 14.7 Å². The minimum atomic E-state index is -2.70. The molecule has 1 atom stereocenters. The summed E-state index contributed by atoms with van der Waals surface area (Å²) in [4.78, 5) is 11.6. The summed E-state index contributed by atoms with van der Waals surface area (Å²) in [5, 5.41) is 2.72. The summed E-state index contributed by atoms with van der Waals surface area (Å²) >= 11 is 0. The van der Waals surface area contributed by atoms with E-state index in [0.29, 0.717) is 18.8 Å². The molecule has 112 valence electrons. The lowest BCUT2D eigenvalue weighted by Crippen LogP contribution is -2.51. The SMILES string of the molecule is C=C(C)C(=O)NC(C)O[Si](CCC)(OCC)OCC. The van der Waals surface area contributed by atoms with Crippen molar-refractivity contribution in [3.63, 3.8) is 0 Å². The van der Waals surface area contributed by atoms with Gasteiger partial charge in [0.2, 0.25) is 5.91 Å². The largest absolute Gasteiger partial charge is 0.502 e. The van der Waals surface area contributed by atoms with Crippen LogP contribution in [0.15, 0.2) is 12.2 Å². The van der Waals surface area contributed by atoms with E-state index < -0.39 is 15.0 Å². The Morgan fingerprint density at radius 1 is 1.26 bits per heavy atom. The first kappa shape index (κ1) is 18.3. The van der Waals surface area contributed by atoms with Crippen LogP contribution in [0, 0.1) is 0 Å². The van der Waals surface area contributed by atoms with Crippen LogP contribution in [-0.4, -0.2) is 34.2 Å². The molecule has 0 saturated heterocycles. The molecule has 0 heterocycles. The molecule has 1 unspecified atom stereocenters. The van der Waals surface area contributed by atoms with Gasteiger partial charge in [0.1, 0.15) is 6.23 Å². The van der Waals surface area contributed by atoms with Gasteiger partial charge in [-0.1, -0.05) is 19.9 Å². The van der Waals surface area contributed by atoms with Crippen LogP contribution in [0.1, 0.15) is 41.0 Å². The second kappa shape index (κ2) is 9.25. The first-order valence-corrected chi connectivity index (χ1v) is 8.76. The maximum absolute atomic E-state index is 11.6. The maximum atomic E-state index is 11.6. The quantitative estimate of drug-likeness (QED) is 0.381. The van der Waals surface area contributed by atoms with Gasteiger partial charge in [-0.05, 0) is 27.7 Å². The second-order valence-electron chi connectivity index (χ2n) is 4.31. The molecule has 5 nitrogen and oxygen atoms in total. The molecule has 0 radical (unpaired) electrons. The summed E-state index contributed by atoms with van der Waals surface area (Å²) in [7, 11) is -2.70. The van der Waals surface area contributed by atoms with Crippen LogP contribution in [0.5, 0.6) is 0 Å². The van der Waals surface area contributed by atoms with E-state index in [2.05, 4.69) is 18.8 Å². The average molecular weight is 289 g/mol. The van der Waals surface area contributed by atoms with Crippen molar-refractivity contribution in [1.82, 2.24) is 5.32 Å². The lowest BCUT2D eigenvalue weighted by Gasteiger charge is -2.31. The van der Waals surface area contributed by atoms with Gasteiger partial charge in [0.15, 0.2) is 0 Å². The standard InChI is InChI=1S/C13H27NO4Si/c1-7-10-19(16-8-2,17-9-3)18-12(6)14-13(15)11(4)5/h12H,4,7-10H2,1-3,5-6H3,(H,14,15). The molecule has 0 saturated carbocycles. The molecule has 1 N–H and O–H groups in total. The number of nitrogens with one attached hydrogen (secondary N) is 1. The fraction of sp³-hybridized carbons (Fsp3) is 0.769. The third-order valence-corrected chi connectivity index (χ3v) is 5.65. The third-order valence-electron chi connectivity index (χ3n) is 2.36. The van der Waals surface area contributed by atoms with Crippen molar-refractivity contribution in [2.75, 3.05) is 13.2 Å². The number of hydrogen-bond donors (Lipinski definition) is 1. The van der Waals surface area contributed by atoms with E-state index in [9.17, 15) is 4.79 Å². The van der Waals surface area contributed by atoms with Crippen LogP contribution >= 0.6 is 0 Å². The number of rotatable bonds is 10. The van der Waals surface area contributed by atoms with Gasteiger partial charge in [-0.25, -0.2) is 0 Å². The van der Waals surface area contributed by atoms with Crippen LogP contribution in [0.25, 0.3) is 0 Å². The van der Waals surface area contributed by atoms with E-state index in [1.807, 2.05) is 13.8 Å². The fourth-order valence-corrected chi connectivity index (χ4v) is 4.38. The number of carbonyl (C=O) groups excluding carboxylic acids is 1. The summed E-state index contributed by atoms with van der Waals surface area (Å²) < 4.78 is 17.4. The van der Waals surface area contributed by atoms with E-state index >= 15 is 0 Å². The molecule has 0 aliphatic rings. The van der Waals surface area contributed by atoms with E-state index in [-0.39, 0.29) is 5.91 Å². The summed E-state index contributed by atoms with van der Waals surface area (Å²) in [6, 6.07) is 0.738. The molecule has 0 aromatic carbocycles. The Balaban J connectivity index is 4.68. The van der Waals surface area contributed by atoms with Gasteiger partial charge in [-0.3, -0.25) is 4.79 Å². The number of hydrogen-bond acceptors (Lipinski definition) is 4. The lowest BCUT2D eigenvalue weighted by molar-refractivity contribution is -0.120. The molecule has 19 heavy (non-hydrogen) atoms. The summed E-state index contributed by atoms with van der Waals surface area (Å²) in [5.41, 5.74) is 0.450. The van der Waals surface area contributed by atoms with Crippen LogP contribution in [-0.2, 0) is 18.1 Å². The molecule has 0 aliphatic carbocycles. The topological polar surface area (TPSA) is 56.8 Å². The van der Waals surface area contributed by atoms with Gasteiger partial charge in [0, 0.05) is 24.8 Å². The highest BCUT2D eigenvalue weighted by atomic mass is 28.4. The zero-order valence-electron chi connectivity index (χ0n) is 12.7. The highest BCUT2D eigenvalue weighted by Crippen LogP contribution is 2.19. The first-order chi connectivity index (χ1) is 8.90. The zero-order valence-corrected chi connectivity index (χ0v) is 13.7. The van der Waals surface area contributed by atoms with E-state index in [0.717, 1.165) is 12.5 Å². The Morgan fingerprint density at radius 2 is 1.79 bits per heavy atom. The van der Waals surface area contributed by atoms with Crippen molar-refractivity contribution in [2.24, 2.45) is 0 Å². The Bertz CT molecular complexity index is 279. The molecule has 0 aliphatic heterocycles. The van der Waals surface area contributed by atoms with Crippen LogP contribution < -0.4 is 5.32 Å². The molecule has 0 spiro atoms. The van der Waals surface area contributed by atoms with Gasteiger partial charge in [-0.2, -0.15) is 0 Å². The molecule has 1 amide bonds. The van der Waals surface area contributed by atoms with Gasteiger partial charge in [-0.15, -0.1) is 0 Å². The number of carbonyl (C=O) groups is 1. The van der Waals surface area contributed by atoms with Crippen LogP contribution in [0.2, 0.25) is 6.04 Å². The van der Waals surface area contributed by atoms with Gasteiger partial charge < -0.3 is 18.6 Å². The van der Waals surface area contributed by atoms with Gasteiger partial charge >= 0.3 is 8.80 Å². The third kappa shape index (κ3) is 6.86. The summed E-state index contributed by atoms with van der Waals surface area (Å²) in [6.45, 7) is 14.0. The van der Waals surface area contributed by atoms with Crippen LogP contribution in [0.3, 0.4) is 0 Å². The van der Waals surface area contributed by atoms with E-state index in [1.165, 1.54) is 0 Å². The van der Waals surface area contributed by atoms with Crippen molar-refractivity contribution in [1.29, 1.82) is 0 Å². The Morgan fingerprint density at radius 3 is 2.16 bits per heavy atom. The molecule has 0 fully saturated rings. The highest BCUT2D eigenvalue weighted by molar-refractivity contribution is 6.60. The minimum absolute atomic E-state index is 0.222. The molecule has 0 aromatic rings. The molecular weight excluding hydrogens is 262 g/mol. The molecule has 6 heteroatoms. The minimum Gasteiger partial charge on any atom is -0.374 e. The van der Waals surface area contributed by atoms with Crippen molar-refractivity contribution in [2.45, 2.75) is 53.3 Å². The summed E-state index contributed by atoms with van der Waals surface area (Å²) in [5.74, 6) is -0.222. The predicted octanol–water partition coefficient (Wildman–Crippen LogP) is 2.46. The first-order valence-electron chi connectivity index (χ1n) is 6.82. The maximum Gasteiger partial charge on any atom is 0.502 e. The number of amides is 1. The van der Waals surface area contributed by atoms with Crippen molar-refractivity contribution in [3.8, 4) is 0 Å². The van der Waals surface area contributed by atoms with Crippen molar-refractivity contribution in [3.05, 3.63) is 12.2 Å². The Hall–Kier alpha value is -0.693. The monoisotopic (exact) mass is 289 g/mol. The highest BCUT2D eigenvalue weighted by Gasteiger charge is 2.41. The smallest absolute Gasteiger partial charge is 0.374 e. The van der Waals surface area contributed by atoms with Crippen molar-refractivity contribution < 1.29 is 18.1 Å². The normalized spacial score (nSPS) is 13.1. The lowest BCUT2D eigenvalue weighted by atomic mass is 10.3. The van der Waals surface area contributed by atoms with Crippen LogP contribution in [0.4, 0.5) is 0 Å². The average Bonchev–Trinajstić information content (AvgIpc) is 2.29.